The van der Waals surface area contributed by atoms with Crippen LogP contribution >= 0.6 is 0 Å². The number of nitrogens with one attached hydrogen (secondary N) is 1. The number of rotatable bonds is 5. The van der Waals surface area contributed by atoms with Crippen LogP contribution in [0.25, 0.3) is 0 Å². The predicted molar refractivity (Wildman–Crippen MR) is 67.7 cm³/mol. The van der Waals surface area contributed by atoms with Crippen molar-refractivity contribution in [1.82, 2.24) is 10.2 Å². The Kier molecular flexibility index (Phi) is 5.62. The molecular weight excluding hydrogens is 216 g/mol. The van der Waals surface area contributed by atoms with Crippen LogP contribution in [0, 0.1) is 5.92 Å². The molecule has 0 radical (unpaired) electrons. The Morgan fingerprint density at radius 3 is 2.41 bits per heavy atom. The fraction of sp³-hybridized carbons (Fsp3) is 0.846. The fourth-order valence-corrected chi connectivity index (χ4v) is 2.12. The van der Waals surface area contributed by atoms with Gasteiger partial charge in [-0.3, -0.25) is 14.5 Å². The number of likely N-dealkylation sites (tertiary alicyclic amines) is 1. The van der Waals surface area contributed by atoms with Crippen molar-refractivity contribution in [3.63, 3.8) is 0 Å². The SMILES string of the molecule is CCC(C)NC(=O)CN1CCC(C(C)=O)CC1. The van der Waals surface area contributed by atoms with Gasteiger partial charge in [0, 0.05) is 12.0 Å². The minimum Gasteiger partial charge on any atom is -0.353 e. The highest BCUT2D eigenvalue weighted by atomic mass is 16.2. The fourth-order valence-electron chi connectivity index (χ4n) is 2.12. The van der Waals surface area contributed by atoms with Crippen LogP contribution < -0.4 is 5.32 Å². The van der Waals surface area contributed by atoms with Crippen molar-refractivity contribution in [2.24, 2.45) is 5.92 Å². The second-order valence-corrected chi connectivity index (χ2v) is 5.04. The normalized spacial score (nSPS) is 19.9. The van der Waals surface area contributed by atoms with Crippen LogP contribution in [-0.2, 0) is 9.59 Å². The molecule has 0 spiro atoms. The Hall–Kier alpha value is -0.900. The molecule has 0 saturated carbocycles. The lowest BCUT2D eigenvalue weighted by Gasteiger charge is -2.30. The van der Waals surface area contributed by atoms with Crippen molar-refractivity contribution >= 4 is 11.7 Å². The van der Waals surface area contributed by atoms with E-state index >= 15 is 0 Å². The number of amides is 1. The second kappa shape index (κ2) is 6.74. The van der Waals surface area contributed by atoms with Crippen LogP contribution in [0.3, 0.4) is 0 Å². The van der Waals surface area contributed by atoms with E-state index in [0.29, 0.717) is 6.54 Å². The number of carbonyl (C=O) groups is 2. The van der Waals surface area contributed by atoms with Gasteiger partial charge >= 0.3 is 0 Å². The maximum Gasteiger partial charge on any atom is 0.234 e. The lowest BCUT2D eigenvalue weighted by Crippen LogP contribution is -2.44. The highest BCUT2D eigenvalue weighted by Crippen LogP contribution is 2.17. The quantitative estimate of drug-likeness (QED) is 0.785. The van der Waals surface area contributed by atoms with Crippen LogP contribution in [0.4, 0.5) is 0 Å². The first-order chi connectivity index (χ1) is 8.02. The molecule has 1 aliphatic rings. The summed E-state index contributed by atoms with van der Waals surface area (Å²) in [6.45, 7) is 7.92. The molecule has 4 heteroatoms. The summed E-state index contributed by atoms with van der Waals surface area (Å²) in [7, 11) is 0. The van der Waals surface area contributed by atoms with E-state index in [9.17, 15) is 9.59 Å². The predicted octanol–water partition coefficient (Wildman–Crippen LogP) is 1.20. The third-order valence-corrected chi connectivity index (χ3v) is 3.55. The van der Waals surface area contributed by atoms with Crippen LogP contribution in [-0.4, -0.2) is 42.3 Å². The zero-order chi connectivity index (χ0) is 12.8. The van der Waals surface area contributed by atoms with Gasteiger partial charge in [-0.1, -0.05) is 6.92 Å². The first kappa shape index (κ1) is 14.2. The Labute approximate surface area is 104 Å². The van der Waals surface area contributed by atoms with Gasteiger partial charge < -0.3 is 5.32 Å². The number of hydrogen-bond acceptors (Lipinski definition) is 3. The van der Waals surface area contributed by atoms with Gasteiger partial charge in [-0.05, 0) is 46.2 Å². The van der Waals surface area contributed by atoms with E-state index in [-0.39, 0.29) is 23.7 Å². The maximum atomic E-state index is 11.7. The third-order valence-electron chi connectivity index (χ3n) is 3.55. The summed E-state index contributed by atoms with van der Waals surface area (Å²) < 4.78 is 0. The van der Waals surface area contributed by atoms with Gasteiger partial charge in [0.1, 0.15) is 5.78 Å². The Bertz CT molecular complexity index is 271. The molecular formula is C13H24N2O2. The summed E-state index contributed by atoms with van der Waals surface area (Å²) in [4.78, 5) is 25.0. The zero-order valence-corrected chi connectivity index (χ0v) is 11.2. The lowest BCUT2D eigenvalue weighted by atomic mass is 9.93. The molecule has 1 heterocycles. The monoisotopic (exact) mass is 240 g/mol. The minimum absolute atomic E-state index is 0.0978. The van der Waals surface area contributed by atoms with Crippen LogP contribution in [0.2, 0.25) is 0 Å². The molecule has 1 rings (SSSR count). The molecule has 0 bridgehead atoms. The molecule has 1 N–H and O–H groups in total. The topological polar surface area (TPSA) is 49.4 Å². The van der Waals surface area contributed by atoms with Gasteiger partial charge in [-0.15, -0.1) is 0 Å². The molecule has 4 nitrogen and oxygen atoms in total. The summed E-state index contributed by atoms with van der Waals surface area (Å²) in [5.41, 5.74) is 0. The molecule has 1 saturated heterocycles. The molecule has 1 aliphatic heterocycles. The molecule has 1 amide bonds. The molecule has 1 unspecified atom stereocenters. The Morgan fingerprint density at radius 1 is 1.35 bits per heavy atom. The summed E-state index contributed by atoms with van der Waals surface area (Å²) in [6, 6.07) is 0.247. The molecule has 1 atom stereocenters. The van der Waals surface area contributed by atoms with Gasteiger partial charge in [-0.25, -0.2) is 0 Å². The standard InChI is InChI=1S/C13H24N2O2/c1-4-10(2)14-13(17)9-15-7-5-12(6-8-15)11(3)16/h10,12H,4-9H2,1-3H3,(H,14,17). The zero-order valence-electron chi connectivity index (χ0n) is 11.2. The molecule has 98 valence electrons. The average Bonchev–Trinajstić information content (AvgIpc) is 2.29. The van der Waals surface area contributed by atoms with Crippen molar-refractivity contribution in [1.29, 1.82) is 0 Å². The number of nitrogens with zero attached hydrogens (tertiary/aromatic N) is 1. The van der Waals surface area contributed by atoms with E-state index < -0.39 is 0 Å². The first-order valence-electron chi connectivity index (χ1n) is 6.55. The van der Waals surface area contributed by atoms with Crippen molar-refractivity contribution in [2.45, 2.75) is 46.1 Å². The van der Waals surface area contributed by atoms with E-state index in [0.717, 1.165) is 32.4 Å². The largest absolute Gasteiger partial charge is 0.353 e. The highest BCUT2D eigenvalue weighted by molar-refractivity contribution is 5.79. The van der Waals surface area contributed by atoms with E-state index in [2.05, 4.69) is 17.1 Å². The average molecular weight is 240 g/mol. The second-order valence-electron chi connectivity index (χ2n) is 5.04. The number of carbonyl (C=O) groups excluding carboxylic acids is 2. The smallest absolute Gasteiger partial charge is 0.234 e. The van der Waals surface area contributed by atoms with E-state index in [1.165, 1.54) is 0 Å². The number of hydrogen-bond donors (Lipinski definition) is 1. The summed E-state index contributed by atoms with van der Waals surface area (Å²) >= 11 is 0. The van der Waals surface area contributed by atoms with Crippen LogP contribution in [0.1, 0.15) is 40.0 Å². The van der Waals surface area contributed by atoms with E-state index in [1.807, 2.05) is 6.92 Å². The molecule has 0 aromatic carbocycles. The molecule has 0 aromatic rings. The van der Waals surface area contributed by atoms with Gasteiger partial charge in [0.2, 0.25) is 5.91 Å². The summed E-state index contributed by atoms with van der Waals surface area (Å²) in [5, 5.41) is 2.96. The molecule has 0 aromatic heterocycles. The van der Waals surface area contributed by atoms with Crippen LogP contribution in [0.5, 0.6) is 0 Å². The van der Waals surface area contributed by atoms with E-state index in [4.69, 9.17) is 0 Å². The van der Waals surface area contributed by atoms with Gasteiger partial charge in [-0.2, -0.15) is 0 Å². The summed E-state index contributed by atoms with van der Waals surface area (Å²) in [5.74, 6) is 0.596. The van der Waals surface area contributed by atoms with E-state index in [1.54, 1.807) is 6.92 Å². The van der Waals surface area contributed by atoms with Gasteiger partial charge in [0.15, 0.2) is 0 Å². The summed E-state index contributed by atoms with van der Waals surface area (Å²) in [6.07, 6.45) is 2.75. The Balaban J connectivity index is 2.26. The Morgan fingerprint density at radius 2 is 1.94 bits per heavy atom. The highest BCUT2D eigenvalue weighted by Gasteiger charge is 2.23. The molecule has 0 aliphatic carbocycles. The molecule has 1 fully saturated rings. The van der Waals surface area contributed by atoms with Gasteiger partial charge in [0.05, 0.1) is 6.54 Å². The first-order valence-corrected chi connectivity index (χ1v) is 6.55. The maximum absolute atomic E-state index is 11.7. The number of ketones is 1. The lowest BCUT2D eigenvalue weighted by molar-refractivity contribution is -0.124. The van der Waals surface area contributed by atoms with Crippen molar-refractivity contribution in [3.8, 4) is 0 Å². The number of piperidine rings is 1. The van der Waals surface area contributed by atoms with Gasteiger partial charge in [0.25, 0.3) is 0 Å². The van der Waals surface area contributed by atoms with Crippen molar-refractivity contribution in [3.05, 3.63) is 0 Å². The molecule has 17 heavy (non-hydrogen) atoms. The van der Waals surface area contributed by atoms with Crippen molar-refractivity contribution in [2.75, 3.05) is 19.6 Å². The van der Waals surface area contributed by atoms with Crippen LogP contribution in [0.15, 0.2) is 0 Å². The minimum atomic E-state index is 0.0978. The number of Topliss-reactive ketones (excluding diaryl/α,β-unsaturated/α-hetero) is 1. The third kappa shape index (κ3) is 4.86. The van der Waals surface area contributed by atoms with Crippen molar-refractivity contribution < 1.29 is 9.59 Å².